The maximum Gasteiger partial charge on any atom is 0.232 e. The van der Waals surface area contributed by atoms with Gasteiger partial charge in [0.05, 0.1) is 18.5 Å². The van der Waals surface area contributed by atoms with Crippen molar-refractivity contribution in [1.82, 2.24) is 20.6 Å². The molecular formula is C27H34N6O. The number of piperidine rings is 1. The lowest BCUT2D eigenvalue weighted by molar-refractivity contribution is 0.208. The van der Waals surface area contributed by atoms with E-state index < -0.39 is 0 Å². The smallest absolute Gasteiger partial charge is 0.232 e. The molecule has 0 spiro atoms. The molecule has 2 aromatic carbocycles. The number of hydrogen-bond acceptors (Lipinski definition) is 7. The summed E-state index contributed by atoms with van der Waals surface area (Å²) < 4.78 is 6.12. The second-order valence-electron chi connectivity index (χ2n) is 9.09. The van der Waals surface area contributed by atoms with E-state index in [1.54, 1.807) is 6.20 Å². The predicted molar refractivity (Wildman–Crippen MR) is 137 cm³/mol. The van der Waals surface area contributed by atoms with Gasteiger partial charge in [-0.2, -0.15) is 0 Å². The Morgan fingerprint density at radius 1 is 0.853 bits per heavy atom. The number of nitrogens with zero attached hydrogens (tertiary/aromatic N) is 3. The van der Waals surface area contributed by atoms with Crippen LogP contribution >= 0.6 is 0 Å². The van der Waals surface area contributed by atoms with E-state index in [-0.39, 0.29) is 0 Å². The van der Waals surface area contributed by atoms with Crippen LogP contribution in [0.5, 0.6) is 5.88 Å². The van der Waals surface area contributed by atoms with Crippen molar-refractivity contribution in [3.05, 3.63) is 60.3 Å². The zero-order chi connectivity index (χ0) is 23.2. The number of nitrogens with two attached hydrogens (primary N) is 1. The van der Waals surface area contributed by atoms with Crippen molar-refractivity contribution in [2.24, 2.45) is 11.7 Å². The van der Waals surface area contributed by atoms with Gasteiger partial charge in [-0.15, -0.1) is 0 Å². The molecule has 0 bridgehead atoms. The summed E-state index contributed by atoms with van der Waals surface area (Å²) in [6, 6.07) is 16.9. The fourth-order valence-corrected chi connectivity index (χ4v) is 4.66. The van der Waals surface area contributed by atoms with Gasteiger partial charge in [0.25, 0.3) is 0 Å². The third-order valence-corrected chi connectivity index (χ3v) is 6.76. The zero-order valence-corrected chi connectivity index (χ0v) is 19.7. The topological polar surface area (TPSA) is 88.3 Å². The van der Waals surface area contributed by atoms with Crippen molar-refractivity contribution in [3.8, 4) is 28.4 Å². The first-order chi connectivity index (χ1) is 16.8. The molecule has 2 fully saturated rings. The number of nitrogens with one attached hydrogen (secondary N) is 2. The molecule has 0 radical (unpaired) electrons. The lowest BCUT2D eigenvalue weighted by atomic mass is 9.99. The first-order valence-corrected chi connectivity index (χ1v) is 12.4. The van der Waals surface area contributed by atoms with Crippen LogP contribution in [-0.4, -0.2) is 55.8 Å². The molecule has 0 saturated carbocycles. The van der Waals surface area contributed by atoms with Gasteiger partial charge in [-0.3, -0.25) is 0 Å². The van der Waals surface area contributed by atoms with E-state index in [9.17, 15) is 0 Å². The number of rotatable bonds is 7. The van der Waals surface area contributed by atoms with Crippen LogP contribution in [0.4, 0.5) is 5.69 Å². The molecule has 5 rings (SSSR count). The Bertz CT molecular complexity index is 1060. The van der Waals surface area contributed by atoms with Gasteiger partial charge in [-0.1, -0.05) is 36.4 Å². The van der Waals surface area contributed by atoms with E-state index in [0.29, 0.717) is 24.9 Å². The third kappa shape index (κ3) is 5.38. The zero-order valence-electron chi connectivity index (χ0n) is 19.7. The summed E-state index contributed by atoms with van der Waals surface area (Å²) in [6.45, 7) is 7.41. The van der Waals surface area contributed by atoms with Crippen LogP contribution in [0.2, 0.25) is 0 Å². The SMILES string of the molecule is NCc1ccc(-c2ncc(OCC3CCNCC3)nc2-c2ccc(N3CCNCC3)cc2)cc1. The third-order valence-electron chi connectivity index (χ3n) is 6.76. The highest BCUT2D eigenvalue weighted by Gasteiger charge is 2.17. The Kier molecular flexibility index (Phi) is 7.34. The minimum Gasteiger partial charge on any atom is -0.476 e. The maximum absolute atomic E-state index is 6.12. The van der Waals surface area contributed by atoms with E-state index >= 15 is 0 Å². The minimum absolute atomic E-state index is 0.524. The van der Waals surface area contributed by atoms with Gasteiger partial charge in [0.2, 0.25) is 5.88 Å². The molecule has 2 aliphatic heterocycles. The van der Waals surface area contributed by atoms with Crippen LogP contribution in [0, 0.1) is 5.92 Å². The molecule has 3 heterocycles. The molecule has 0 atom stereocenters. The molecule has 178 valence electrons. The standard InChI is InChI=1S/C27H34N6O/c28-17-20-1-3-22(4-2-20)26-27(23-5-7-24(8-6-23)33-15-13-30-14-16-33)32-25(18-31-26)34-19-21-9-11-29-12-10-21/h1-8,18,21,29-30H,9-17,19,28H2. The number of benzene rings is 2. The Balaban J connectivity index is 1.43. The van der Waals surface area contributed by atoms with Gasteiger partial charge in [-0.25, -0.2) is 9.97 Å². The van der Waals surface area contributed by atoms with E-state index in [1.807, 2.05) is 0 Å². The molecule has 0 amide bonds. The summed E-state index contributed by atoms with van der Waals surface area (Å²) in [4.78, 5) is 12.2. The predicted octanol–water partition coefficient (Wildman–Crippen LogP) is 3.06. The summed E-state index contributed by atoms with van der Waals surface area (Å²) in [5.74, 6) is 1.15. The quantitative estimate of drug-likeness (QED) is 0.501. The molecule has 3 aromatic rings. The molecule has 4 N–H and O–H groups in total. The first-order valence-electron chi connectivity index (χ1n) is 12.4. The fourth-order valence-electron chi connectivity index (χ4n) is 4.66. The summed E-state index contributed by atoms with van der Waals surface area (Å²) in [7, 11) is 0. The molecule has 34 heavy (non-hydrogen) atoms. The Morgan fingerprint density at radius 2 is 1.50 bits per heavy atom. The van der Waals surface area contributed by atoms with Gasteiger partial charge in [0.15, 0.2) is 0 Å². The van der Waals surface area contributed by atoms with Crippen molar-refractivity contribution in [1.29, 1.82) is 0 Å². The van der Waals surface area contributed by atoms with E-state index in [2.05, 4.69) is 64.1 Å². The molecule has 1 aromatic heterocycles. The van der Waals surface area contributed by atoms with Crippen LogP contribution in [0.15, 0.2) is 54.7 Å². The highest BCUT2D eigenvalue weighted by atomic mass is 16.5. The van der Waals surface area contributed by atoms with Crippen molar-refractivity contribution >= 4 is 5.69 Å². The summed E-state index contributed by atoms with van der Waals surface area (Å²) in [5.41, 5.74) is 11.9. The average molecular weight is 459 g/mol. The second-order valence-corrected chi connectivity index (χ2v) is 9.09. The fraction of sp³-hybridized carbons (Fsp3) is 0.407. The Hall–Kier alpha value is -3.00. The van der Waals surface area contributed by atoms with Crippen molar-refractivity contribution in [3.63, 3.8) is 0 Å². The van der Waals surface area contributed by atoms with Crippen LogP contribution in [-0.2, 0) is 6.54 Å². The van der Waals surface area contributed by atoms with E-state index in [1.165, 1.54) is 5.69 Å². The van der Waals surface area contributed by atoms with Crippen LogP contribution in [0.3, 0.4) is 0 Å². The Morgan fingerprint density at radius 3 is 2.21 bits per heavy atom. The monoisotopic (exact) mass is 458 g/mol. The number of hydrogen-bond donors (Lipinski definition) is 3. The summed E-state index contributed by atoms with van der Waals surface area (Å²) in [5, 5.41) is 6.82. The van der Waals surface area contributed by atoms with Gasteiger partial charge < -0.3 is 26.0 Å². The van der Waals surface area contributed by atoms with E-state index in [4.69, 9.17) is 20.4 Å². The molecule has 0 aliphatic carbocycles. The highest BCUT2D eigenvalue weighted by molar-refractivity contribution is 5.79. The van der Waals surface area contributed by atoms with Gasteiger partial charge in [0, 0.05) is 49.5 Å². The van der Waals surface area contributed by atoms with Crippen LogP contribution in [0.25, 0.3) is 22.5 Å². The molecule has 7 nitrogen and oxygen atoms in total. The summed E-state index contributed by atoms with van der Waals surface area (Å²) >= 11 is 0. The minimum atomic E-state index is 0.524. The summed E-state index contributed by atoms with van der Waals surface area (Å²) in [6.07, 6.45) is 4.03. The normalized spacial score (nSPS) is 17.0. The Labute approximate surface area is 201 Å². The number of anilines is 1. The van der Waals surface area contributed by atoms with Crippen LogP contribution < -0.4 is 26.0 Å². The number of ether oxygens (including phenoxy) is 1. The first kappa shape index (κ1) is 22.8. The largest absolute Gasteiger partial charge is 0.476 e. The lowest BCUT2D eigenvalue weighted by Crippen LogP contribution is -2.43. The molecule has 2 aliphatic rings. The van der Waals surface area contributed by atoms with Crippen molar-refractivity contribution in [2.45, 2.75) is 19.4 Å². The maximum atomic E-state index is 6.12. The van der Waals surface area contributed by atoms with Gasteiger partial charge in [0.1, 0.15) is 5.69 Å². The van der Waals surface area contributed by atoms with Gasteiger partial charge in [-0.05, 0) is 49.5 Å². The van der Waals surface area contributed by atoms with Gasteiger partial charge >= 0.3 is 0 Å². The van der Waals surface area contributed by atoms with Crippen molar-refractivity contribution < 1.29 is 4.74 Å². The number of aromatic nitrogens is 2. The highest BCUT2D eigenvalue weighted by Crippen LogP contribution is 2.32. The van der Waals surface area contributed by atoms with Crippen molar-refractivity contribution in [2.75, 3.05) is 50.8 Å². The molecule has 2 saturated heterocycles. The van der Waals surface area contributed by atoms with E-state index in [0.717, 1.165) is 80.2 Å². The number of piperazine rings is 1. The molecular weight excluding hydrogens is 424 g/mol. The lowest BCUT2D eigenvalue weighted by Gasteiger charge is -2.29. The van der Waals surface area contributed by atoms with Crippen LogP contribution in [0.1, 0.15) is 18.4 Å². The average Bonchev–Trinajstić information content (AvgIpc) is 2.93. The molecule has 0 unspecified atom stereocenters. The second kappa shape index (κ2) is 11.0. The molecule has 7 heteroatoms.